The van der Waals surface area contributed by atoms with Crippen LogP contribution in [0.25, 0.3) is 0 Å². The zero-order valence-electron chi connectivity index (χ0n) is 10.1. The highest BCUT2D eigenvalue weighted by Gasteiger charge is 2.07. The molecule has 0 saturated carbocycles. The van der Waals surface area contributed by atoms with Crippen LogP contribution in [-0.2, 0) is 6.54 Å². The molecule has 0 spiro atoms. The highest BCUT2D eigenvalue weighted by Crippen LogP contribution is 2.13. The van der Waals surface area contributed by atoms with Gasteiger partial charge in [-0.1, -0.05) is 28.1 Å². The van der Waals surface area contributed by atoms with E-state index in [9.17, 15) is 0 Å². The first-order valence-corrected chi connectivity index (χ1v) is 5.99. The molecule has 0 aliphatic carbocycles. The molecule has 0 aromatic heterocycles. The summed E-state index contributed by atoms with van der Waals surface area (Å²) in [5.74, 6) is -0.0184. The number of halogens is 2. The van der Waals surface area contributed by atoms with E-state index in [0.717, 1.165) is 10.0 Å². The lowest BCUT2D eigenvalue weighted by Gasteiger charge is -2.20. The third kappa shape index (κ3) is 5.37. The number of hydrogen-bond donors (Lipinski definition) is 3. The van der Waals surface area contributed by atoms with E-state index < -0.39 is 0 Å². The van der Waals surface area contributed by atoms with Crippen LogP contribution in [0.5, 0.6) is 0 Å². The normalized spacial score (nSPS) is 9.22. The number of nitrogens with two attached hydrogens (primary N) is 2. The van der Waals surface area contributed by atoms with Crippen LogP contribution in [-0.4, -0.2) is 23.4 Å². The maximum Gasteiger partial charge on any atom is 0.221 e. The maximum atomic E-state index is 7.75. The van der Waals surface area contributed by atoms with Crippen LogP contribution >= 0.6 is 28.3 Å². The van der Waals surface area contributed by atoms with Gasteiger partial charge in [0.2, 0.25) is 5.96 Å². The van der Waals surface area contributed by atoms with Crippen LogP contribution in [0.15, 0.2) is 33.7 Å². The van der Waals surface area contributed by atoms with Crippen LogP contribution < -0.4 is 11.5 Å². The summed E-state index contributed by atoms with van der Waals surface area (Å²) in [5, 5.41) is 7.75. The molecular weight excluding hydrogens is 318 g/mol. The quantitative estimate of drug-likeness (QED) is 0.582. The van der Waals surface area contributed by atoms with Gasteiger partial charge in [0.1, 0.15) is 0 Å². The van der Waals surface area contributed by atoms with Crippen LogP contribution in [0.3, 0.4) is 0 Å². The number of nitrogens with zero attached hydrogens (tertiary/aromatic N) is 2. The Balaban J connectivity index is 0.00000289. The Morgan fingerprint density at radius 1 is 1.44 bits per heavy atom. The van der Waals surface area contributed by atoms with Crippen molar-refractivity contribution in [3.8, 4) is 0 Å². The molecule has 0 atom stereocenters. The number of aliphatic imine (C=N–C) groups is 1. The summed E-state index contributed by atoms with van der Waals surface area (Å²) in [6, 6.07) is 7.92. The fraction of sp³-hybridized carbons (Fsp3) is 0.273. The SMILES string of the molecule is CCN(Cc1cccc(Br)c1)C(=N)N=C(N)N.Cl. The highest BCUT2D eigenvalue weighted by atomic mass is 79.9. The average molecular weight is 335 g/mol. The molecular formula is C11H17BrClN5. The van der Waals surface area contributed by atoms with Gasteiger partial charge in [0.25, 0.3) is 0 Å². The summed E-state index contributed by atoms with van der Waals surface area (Å²) in [4.78, 5) is 5.52. The molecule has 0 amide bonds. The Hall–Kier alpha value is -1.27. The summed E-state index contributed by atoms with van der Waals surface area (Å²) in [5.41, 5.74) is 11.6. The molecule has 5 nitrogen and oxygen atoms in total. The van der Waals surface area contributed by atoms with Crippen molar-refractivity contribution >= 4 is 40.3 Å². The van der Waals surface area contributed by atoms with Gasteiger partial charge in [-0.05, 0) is 24.6 Å². The lowest BCUT2D eigenvalue weighted by atomic mass is 10.2. The minimum Gasteiger partial charge on any atom is -0.370 e. The molecule has 18 heavy (non-hydrogen) atoms. The number of rotatable bonds is 3. The zero-order valence-corrected chi connectivity index (χ0v) is 12.5. The summed E-state index contributed by atoms with van der Waals surface area (Å²) >= 11 is 3.41. The molecule has 1 aromatic carbocycles. The second-order valence-corrected chi connectivity index (χ2v) is 4.42. The number of benzene rings is 1. The van der Waals surface area contributed by atoms with Crippen molar-refractivity contribution in [2.24, 2.45) is 16.5 Å². The van der Waals surface area contributed by atoms with E-state index in [0.29, 0.717) is 13.1 Å². The molecule has 0 bridgehead atoms. The van der Waals surface area contributed by atoms with Crippen molar-refractivity contribution < 1.29 is 0 Å². The van der Waals surface area contributed by atoms with Gasteiger partial charge in [-0.25, -0.2) is 0 Å². The van der Waals surface area contributed by atoms with Crippen LogP contribution in [0.4, 0.5) is 0 Å². The monoisotopic (exact) mass is 333 g/mol. The molecule has 5 N–H and O–H groups in total. The van der Waals surface area contributed by atoms with Crippen molar-refractivity contribution in [2.45, 2.75) is 13.5 Å². The first-order valence-electron chi connectivity index (χ1n) is 5.20. The maximum absolute atomic E-state index is 7.75. The lowest BCUT2D eigenvalue weighted by Crippen LogP contribution is -2.32. The van der Waals surface area contributed by atoms with E-state index in [2.05, 4.69) is 20.9 Å². The molecule has 1 aromatic rings. The number of hydrogen-bond acceptors (Lipinski definition) is 1. The van der Waals surface area contributed by atoms with Gasteiger partial charge in [-0.3, -0.25) is 5.41 Å². The predicted molar refractivity (Wildman–Crippen MR) is 81.0 cm³/mol. The minimum absolute atomic E-state index is 0. The summed E-state index contributed by atoms with van der Waals surface area (Å²) in [7, 11) is 0. The van der Waals surface area contributed by atoms with Gasteiger partial charge in [0.15, 0.2) is 5.96 Å². The lowest BCUT2D eigenvalue weighted by molar-refractivity contribution is 0.428. The van der Waals surface area contributed by atoms with E-state index in [-0.39, 0.29) is 24.3 Å². The number of guanidine groups is 2. The fourth-order valence-electron chi connectivity index (χ4n) is 1.39. The average Bonchev–Trinajstić information content (AvgIpc) is 2.24. The number of nitrogens with one attached hydrogen (secondary N) is 1. The standard InChI is InChI=1S/C11H16BrN5.ClH/c1-2-17(11(15)16-10(13)14)7-8-4-3-5-9(12)6-8;/h3-6H,2,7H2,1H3,(H5,13,14,15,16);1H. The zero-order chi connectivity index (χ0) is 12.8. The molecule has 0 aliphatic heterocycles. The molecule has 0 saturated heterocycles. The van der Waals surface area contributed by atoms with Gasteiger partial charge in [-0.15, -0.1) is 12.4 Å². The first-order chi connectivity index (χ1) is 8.02. The van der Waals surface area contributed by atoms with Gasteiger partial charge < -0.3 is 16.4 Å². The second-order valence-electron chi connectivity index (χ2n) is 3.50. The Morgan fingerprint density at radius 3 is 2.61 bits per heavy atom. The summed E-state index contributed by atoms with van der Waals surface area (Å²) in [6.07, 6.45) is 0. The van der Waals surface area contributed by atoms with Crippen molar-refractivity contribution in [1.82, 2.24) is 4.90 Å². The Bertz CT molecular complexity index is 431. The molecule has 0 radical (unpaired) electrons. The van der Waals surface area contributed by atoms with Crippen LogP contribution in [0, 0.1) is 5.41 Å². The highest BCUT2D eigenvalue weighted by molar-refractivity contribution is 9.10. The smallest absolute Gasteiger partial charge is 0.221 e. The van der Waals surface area contributed by atoms with Crippen molar-refractivity contribution in [3.05, 3.63) is 34.3 Å². The Morgan fingerprint density at radius 2 is 2.11 bits per heavy atom. The predicted octanol–water partition coefficient (Wildman–Crippen LogP) is 1.90. The van der Waals surface area contributed by atoms with Gasteiger partial charge in [-0.2, -0.15) is 4.99 Å². The third-order valence-electron chi connectivity index (χ3n) is 2.18. The second kappa shape index (κ2) is 7.94. The Kier molecular flexibility index (Phi) is 7.38. The van der Waals surface area contributed by atoms with Gasteiger partial charge in [0, 0.05) is 17.6 Å². The summed E-state index contributed by atoms with van der Waals surface area (Å²) in [6.45, 7) is 3.22. The van der Waals surface area contributed by atoms with Crippen molar-refractivity contribution in [3.63, 3.8) is 0 Å². The first kappa shape index (κ1) is 16.7. The van der Waals surface area contributed by atoms with Crippen molar-refractivity contribution in [1.29, 1.82) is 5.41 Å². The minimum atomic E-state index is -0.0947. The molecule has 100 valence electrons. The topological polar surface area (TPSA) is 91.5 Å². The molecule has 0 unspecified atom stereocenters. The van der Waals surface area contributed by atoms with E-state index >= 15 is 0 Å². The summed E-state index contributed by atoms with van der Waals surface area (Å²) < 4.78 is 1.01. The molecule has 0 aliphatic rings. The van der Waals surface area contributed by atoms with E-state index in [1.165, 1.54) is 0 Å². The van der Waals surface area contributed by atoms with Crippen LogP contribution in [0.2, 0.25) is 0 Å². The Labute approximate surface area is 121 Å². The van der Waals surface area contributed by atoms with E-state index in [4.69, 9.17) is 16.9 Å². The molecule has 0 heterocycles. The molecule has 1 rings (SSSR count). The van der Waals surface area contributed by atoms with Crippen molar-refractivity contribution in [2.75, 3.05) is 6.54 Å². The molecule has 0 fully saturated rings. The van der Waals surface area contributed by atoms with Gasteiger partial charge in [0.05, 0.1) is 0 Å². The third-order valence-corrected chi connectivity index (χ3v) is 2.67. The van der Waals surface area contributed by atoms with Gasteiger partial charge >= 0.3 is 0 Å². The largest absolute Gasteiger partial charge is 0.370 e. The van der Waals surface area contributed by atoms with E-state index in [1.807, 2.05) is 31.2 Å². The molecule has 7 heteroatoms. The van der Waals surface area contributed by atoms with E-state index in [1.54, 1.807) is 4.90 Å². The van der Waals surface area contributed by atoms with Crippen LogP contribution in [0.1, 0.15) is 12.5 Å². The fourth-order valence-corrected chi connectivity index (χ4v) is 1.83.